The Labute approximate surface area is 161 Å². The number of rotatable bonds is 3. The third-order valence-corrected chi connectivity index (χ3v) is 4.45. The number of carbonyl (C=O) groups is 1. The molecule has 2 aromatic carbocycles. The number of amides is 2. The molecule has 0 spiro atoms. The van der Waals surface area contributed by atoms with Crippen LogP contribution in [0.15, 0.2) is 73.1 Å². The van der Waals surface area contributed by atoms with E-state index in [0.29, 0.717) is 16.4 Å². The van der Waals surface area contributed by atoms with Crippen LogP contribution in [-0.2, 0) is 0 Å². The van der Waals surface area contributed by atoms with Crippen LogP contribution in [0.4, 0.5) is 16.2 Å². The fraction of sp³-hybridized carbons (Fsp3) is 0.0476. The zero-order chi connectivity index (χ0) is 18.8. The Morgan fingerprint density at radius 3 is 2.56 bits per heavy atom. The first-order valence-electron chi connectivity index (χ1n) is 8.47. The molecule has 2 amide bonds. The highest BCUT2D eigenvalue weighted by Crippen LogP contribution is 2.23. The largest absolute Gasteiger partial charge is 0.323 e. The molecule has 2 N–H and O–H groups in total. The van der Waals surface area contributed by atoms with Crippen molar-refractivity contribution >= 4 is 34.7 Å². The number of fused-ring (bicyclic) bond motifs is 1. The Bertz CT molecular complexity index is 1120. The van der Waals surface area contributed by atoms with Gasteiger partial charge in [0.05, 0.1) is 5.69 Å². The molecule has 4 rings (SSSR count). The van der Waals surface area contributed by atoms with E-state index in [1.54, 1.807) is 24.3 Å². The Balaban J connectivity index is 1.54. The molecule has 0 aliphatic carbocycles. The number of urea groups is 1. The van der Waals surface area contributed by atoms with Gasteiger partial charge in [-0.05, 0) is 55.0 Å². The van der Waals surface area contributed by atoms with Crippen molar-refractivity contribution in [1.82, 2.24) is 9.38 Å². The summed E-state index contributed by atoms with van der Waals surface area (Å²) in [4.78, 5) is 16.9. The summed E-state index contributed by atoms with van der Waals surface area (Å²) in [6.07, 6.45) is 3.95. The molecular formula is C21H17ClN4O. The second-order valence-corrected chi connectivity index (χ2v) is 6.65. The first kappa shape index (κ1) is 17.1. The van der Waals surface area contributed by atoms with Gasteiger partial charge in [-0.2, -0.15) is 0 Å². The van der Waals surface area contributed by atoms with E-state index in [1.807, 2.05) is 60.1 Å². The van der Waals surface area contributed by atoms with Crippen LogP contribution in [0.2, 0.25) is 5.02 Å². The van der Waals surface area contributed by atoms with Gasteiger partial charge >= 0.3 is 6.03 Å². The van der Waals surface area contributed by atoms with Crippen LogP contribution in [0.25, 0.3) is 16.9 Å². The number of nitrogens with zero attached hydrogens (tertiary/aromatic N) is 2. The van der Waals surface area contributed by atoms with Gasteiger partial charge in [0.2, 0.25) is 0 Å². The van der Waals surface area contributed by atoms with Crippen molar-refractivity contribution in [3.63, 3.8) is 0 Å². The Morgan fingerprint density at radius 2 is 1.78 bits per heavy atom. The Morgan fingerprint density at radius 1 is 1.00 bits per heavy atom. The maximum Gasteiger partial charge on any atom is 0.323 e. The van der Waals surface area contributed by atoms with Crippen molar-refractivity contribution in [2.24, 2.45) is 0 Å². The number of carbonyl (C=O) groups excluding carboxylic acids is 1. The molecule has 0 bridgehead atoms. The van der Waals surface area contributed by atoms with Crippen molar-refractivity contribution in [2.75, 3.05) is 10.6 Å². The number of hydrogen-bond donors (Lipinski definition) is 2. The second-order valence-electron chi connectivity index (χ2n) is 6.22. The number of pyridine rings is 1. The number of anilines is 2. The zero-order valence-electron chi connectivity index (χ0n) is 14.6. The minimum absolute atomic E-state index is 0.319. The van der Waals surface area contributed by atoms with E-state index in [0.717, 1.165) is 22.5 Å². The van der Waals surface area contributed by atoms with E-state index in [-0.39, 0.29) is 6.03 Å². The van der Waals surface area contributed by atoms with Crippen molar-refractivity contribution in [2.45, 2.75) is 6.92 Å². The molecule has 5 nitrogen and oxygen atoms in total. The monoisotopic (exact) mass is 376 g/mol. The number of benzene rings is 2. The highest BCUT2D eigenvalue weighted by atomic mass is 35.5. The van der Waals surface area contributed by atoms with Gasteiger partial charge in [-0.25, -0.2) is 9.78 Å². The van der Waals surface area contributed by atoms with Crippen LogP contribution in [0.3, 0.4) is 0 Å². The molecule has 2 heterocycles. The Hall–Kier alpha value is -3.31. The topological polar surface area (TPSA) is 58.4 Å². The van der Waals surface area contributed by atoms with Crippen molar-refractivity contribution in [1.29, 1.82) is 0 Å². The van der Waals surface area contributed by atoms with E-state index >= 15 is 0 Å². The van der Waals surface area contributed by atoms with E-state index in [1.165, 1.54) is 0 Å². The maximum atomic E-state index is 12.2. The van der Waals surface area contributed by atoms with Gasteiger partial charge in [-0.3, -0.25) is 0 Å². The van der Waals surface area contributed by atoms with Gasteiger partial charge in [0.15, 0.2) is 0 Å². The predicted octanol–water partition coefficient (Wildman–Crippen LogP) is 5.61. The number of aryl methyl sites for hydroxylation is 1. The number of imidazole rings is 1. The van der Waals surface area contributed by atoms with Gasteiger partial charge < -0.3 is 15.0 Å². The molecule has 0 saturated carbocycles. The molecule has 2 aromatic heterocycles. The van der Waals surface area contributed by atoms with Crippen LogP contribution in [0.5, 0.6) is 0 Å². The smallest absolute Gasteiger partial charge is 0.308 e. The van der Waals surface area contributed by atoms with E-state index in [2.05, 4.69) is 10.6 Å². The number of nitrogens with one attached hydrogen (secondary N) is 2. The third kappa shape index (κ3) is 3.78. The summed E-state index contributed by atoms with van der Waals surface area (Å²) in [5.74, 6) is 0. The van der Waals surface area contributed by atoms with Crippen LogP contribution in [-0.4, -0.2) is 15.4 Å². The fourth-order valence-electron chi connectivity index (χ4n) is 2.88. The molecule has 0 fully saturated rings. The summed E-state index contributed by atoms with van der Waals surface area (Å²) < 4.78 is 2.00. The molecular weight excluding hydrogens is 360 g/mol. The molecule has 4 aromatic rings. The Kier molecular flexibility index (Phi) is 4.52. The molecule has 0 saturated heterocycles. The highest BCUT2D eigenvalue weighted by molar-refractivity contribution is 6.30. The molecule has 0 aliphatic heterocycles. The summed E-state index contributed by atoms with van der Waals surface area (Å²) in [5.41, 5.74) is 5.18. The average molecular weight is 377 g/mol. The van der Waals surface area contributed by atoms with Gasteiger partial charge in [-0.15, -0.1) is 0 Å². The lowest BCUT2D eigenvalue weighted by molar-refractivity contribution is 0.262. The molecule has 0 unspecified atom stereocenters. The quantitative estimate of drug-likeness (QED) is 0.488. The lowest BCUT2D eigenvalue weighted by Gasteiger charge is -2.08. The molecule has 6 heteroatoms. The summed E-state index contributed by atoms with van der Waals surface area (Å²) in [5, 5.41) is 6.24. The lowest BCUT2D eigenvalue weighted by Crippen LogP contribution is -2.19. The third-order valence-electron chi connectivity index (χ3n) is 4.20. The first-order chi connectivity index (χ1) is 13.1. The summed E-state index contributed by atoms with van der Waals surface area (Å²) in [6, 6.07) is 18.3. The first-order valence-corrected chi connectivity index (χ1v) is 8.85. The van der Waals surface area contributed by atoms with Gasteiger partial charge in [0.1, 0.15) is 5.65 Å². The summed E-state index contributed by atoms with van der Waals surface area (Å²) >= 11 is 5.86. The van der Waals surface area contributed by atoms with Crippen LogP contribution >= 0.6 is 11.6 Å². The van der Waals surface area contributed by atoms with E-state index < -0.39 is 0 Å². The molecule has 27 heavy (non-hydrogen) atoms. The number of halogens is 1. The zero-order valence-corrected chi connectivity index (χ0v) is 15.4. The predicted molar refractivity (Wildman–Crippen MR) is 109 cm³/mol. The summed E-state index contributed by atoms with van der Waals surface area (Å²) in [7, 11) is 0. The number of aromatic nitrogens is 2. The van der Waals surface area contributed by atoms with Crippen molar-refractivity contribution < 1.29 is 4.79 Å². The second kappa shape index (κ2) is 7.13. The molecule has 0 atom stereocenters. The molecule has 0 aliphatic rings. The minimum atomic E-state index is -0.319. The summed E-state index contributed by atoms with van der Waals surface area (Å²) in [6.45, 7) is 2.03. The van der Waals surface area contributed by atoms with E-state index in [9.17, 15) is 4.79 Å². The highest BCUT2D eigenvalue weighted by Gasteiger charge is 2.08. The van der Waals surface area contributed by atoms with Crippen LogP contribution in [0, 0.1) is 6.92 Å². The average Bonchev–Trinajstić information content (AvgIpc) is 3.10. The van der Waals surface area contributed by atoms with Crippen molar-refractivity contribution in [3.05, 3.63) is 83.6 Å². The SMILES string of the molecule is Cc1cccn2cc(-c3cccc(NC(=O)Nc4ccc(Cl)cc4)c3)nc12. The molecule has 0 radical (unpaired) electrons. The van der Waals surface area contributed by atoms with Gasteiger partial charge in [0.25, 0.3) is 0 Å². The number of hydrogen-bond acceptors (Lipinski definition) is 2. The molecule has 134 valence electrons. The van der Waals surface area contributed by atoms with Gasteiger partial charge in [0, 0.05) is 34.4 Å². The standard InChI is InChI=1S/C21H17ClN4O/c1-14-4-3-11-26-13-19(25-20(14)26)15-5-2-6-18(12-15)24-21(27)23-17-9-7-16(22)8-10-17/h2-13H,1H3,(H2,23,24,27). The van der Waals surface area contributed by atoms with Crippen molar-refractivity contribution in [3.8, 4) is 11.3 Å². The van der Waals surface area contributed by atoms with E-state index in [4.69, 9.17) is 16.6 Å². The normalized spacial score (nSPS) is 10.7. The lowest BCUT2D eigenvalue weighted by atomic mass is 10.1. The van der Waals surface area contributed by atoms with Gasteiger partial charge in [-0.1, -0.05) is 29.8 Å². The van der Waals surface area contributed by atoms with Crippen LogP contribution < -0.4 is 10.6 Å². The minimum Gasteiger partial charge on any atom is -0.308 e. The van der Waals surface area contributed by atoms with Crippen LogP contribution in [0.1, 0.15) is 5.56 Å². The fourth-order valence-corrected chi connectivity index (χ4v) is 3.00. The maximum absolute atomic E-state index is 12.2.